The number of esters is 1. The van der Waals surface area contributed by atoms with E-state index in [9.17, 15) is 9.59 Å². The molecule has 2 aromatic carbocycles. The van der Waals surface area contributed by atoms with Crippen LogP contribution < -0.4 is 9.64 Å². The lowest BCUT2D eigenvalue weighted by Gasteiger charge is -2.21. The molecule has 0 aliphatic carbocycles. The molecule has 1 atom stereocenters. The summed E-state index contributed by atoms with van der Waals surface area (Å²) >= 11 is 0. The van der Waals surface area contributed by atoms with Gasteiger partial charge in [0.05, 0.1) is 0 Å². The predicted octanol–water partition coefficient (Wildman–Crippen LogP) is 3.28. The molecule has 0 saturated carbocycles. The summed E-state index contributed by atoms with van der Waals surface area (Å²) in [5, 5.41) is 0. The van der Waals surface area contributed by atoms with Crippen molar-refractivity contribution >= 4 is 17.6 Å². The Kier molecular flexibility index (Phi) is 6.17. The number of hydrogen-bond donors (Lipinski definition) is 0. The van der Waals surface area contributed by atoms with Crippen LogP contribution in [0.1, 0.15) is 18.1 Å². The summed E-state index contributed by atoms with van der Waals surface area (Å²) in [6.45, 7) is 5.22. The number of hydrogen-bond acceptors (Lipinski definition) is 4. The molecule has 0 aliphatic heterocycles. The Bertz CT molecular complexity index is 722. The van der Waals surface area contributed by atoms with Gasteiger partial charge in [0.15, 0.2) is 12.7 Å². The fourth-order valence-corrected chi connectivity index (χ4v) is 2.49. The van der Waals surface area contributed by atoms with Crippen molar-refractivity contribution in [1.82, 2.24) is 0 Å². The van der Waals surface area contributed by atoms with Crippen LogP contribution in [-0.4, -0.2) is 31.6 Å². The number of amides is 1. The Morgan fingerprint density at radius 3 is 2.24 bits per heavy atom. The molecule has 2 aromatic rings. The molecule has 0 aliphatic rings. The van der Waals surface area contributed by atoms with Crippen LogP contribution in [0.25, 0.3) is 0 Å². The third-order valence-electron chi connectivity index (χ3n) is 3.68. The zero-order valence-corrected chi connectivity index (χ0v) is 15.0. The summed E-state index contributed by atoms with van der Waals surface area (Å²) in [6, 6.07) is 14.9. The molecule has 1 amide bonds. The fraction of sp³-hybridized carbons (Fsp3) is 0.300. The highest BCUT2D eigenvalue weighted by Gasteiger charge is 2.22. The van der Waals surface area contributed by atoms with Crippen LogP contribution in [0.4, 0.5) is 5.69 Å². The number of ether oxygens (including phenoxy) is 2. The van der Waals surface area contributed by atoms with Gasteiger partial charge in [0.1, 0.15) is 5.75 Å². The summed E-state index contributed by atoms with van der Waals surface area (Å²) in [5.41, 5.74) is 2.84. The van der Waals surface area contributed by atoms with Gasteiger partial charge < -0.3 is 14.4 Å². The summed E-state index contributed by atoms with van der Waals surface area (Å²) < 4.78 is 10.6. The Morgan fingerprint density at radius 2 is 1.64 bits per heavy atom. The van der Waals surface area contributed by atoms with E-state index < -0.39 is 12.1 Å². The molecular weight excluding hydrogens is 318 g/mol. The smallest absolute Gasteiger partial charge is 0.344 e. The molecule has 0 saturated heterocycles. The minimum Gasteiger partial charge on any atom is -0.482 e. The van der Waals surface area contributed by atoms with Gasteiger partial charge >= 0.3 is 5.97 Å². The van der Waals surface area contributed by atoms with Gasteiger partial charge in [-0.05, 0) is 56.2 Å². The second kappa shape index (κ2) is 8.33. The third kappa shape index (κ3) is 5.35. The molecule has 0 fully saturated rings. The normalized spacial score (nSPS) is 11.5. The van der Waals surface area contributed by atoms with Gasteiger partial charge in [-0.3, -0.25) is 4.79 Å². The van der Waals surface area contributed by atoms with E-state index in [1.807, 2.05) is 62.4 Å². The maximum Gasteiger partial charge on any atom is 0.344 e. The van der Waals surface area contributed by atoms with E-state index in [0.29, 0.717) is 5.75 Å². The van der Waals surface area contributed by atoms with Crippen molar-refractivity contribution in [2.45, 2.75) is 26.9 Å². The Balaban J connectivity index is 1.88. The Morgan fingerprint density at radius 1 is 1.04 bits per heavy atom. The number of rotatable bonds is 6. The first-order valence-electron chi connectivity index (χ1n) is 8.10. The minimum atomic E-state index is -0.888. The van der Waals surface area contributed by atoms with Crippen LogP contribution in [0.5, 0.6) is 5.75 Å². The lowest BCUT2D eigenvalue weighted by Crippen LogP contribution is -2.38. The largest absolute Gasteiger partial charge is 0.482 e. The molecule has 0 spiro atoms. The summed E-state index contributed by atoms with van der Waals surface area (Å²) in [4.78, 5) is 25.8. The first-order chi connectivity index (χ1) is 11.9. The van der Waals surface area contributed by atoms with Crippen LogP contribution in [0.3, 0.4) is 0 Å². The molecule has 5 nitrogen and oxygen atoms in total. The highest BCUT2D eigenvalue weighted by atomic mass is 16.6. The highest BCUT2D eigenvalue weighted by Crippen LogP contribution is 2.16. The van der Waals surface area contributed by atoms with Gasteiger partial charge in [-0.25, -0.2) is 4.79 Å². The minimum absolute atomic E-state index is 0.241. The number of likely N-dealkylation sites (N-methyl/N-ethyl adjacent to an activating group) is 1. The lowest BCUT2D eigenvalue weighted by atomic mass is 10.1. The van der Waals surface area contributed by atoms with Gasteiger partial charge in [-0.2, -0.15) is 0 Å². The zero-order valence-electron chi connectivity index (χ0n) is 15.0. The van der Waals surface area contributed by atoms with Crippen molar-refractivity contribution in [2.75, 3.05) is 18.6 Å². The van der Waals surface area contributed by atoms with E-state index in [-0.39, 0.29) is 12.5 Å². The monoisotopic (exact) mass is 341 g/mol. The number of carbonyl (C=O) groups excluding carboxylic acids is 2. The van der Waals surface area contributed by atoms with Crippen molar-refractivity contribution in [3.05, 3.63) is 59.7 Å². The lowest BCUT2D eigenvalue weighted by molar-refractivity contribution is -0.155. The number of nitrogens with zero attached hydrogens (tertiary/aromatic N) is 1. The van der Waals surface area contributed by atoms with E-state index in [2.05, 4.69) is 0 Å². The third-order valence-corrected chi connectivity index (χ3v) is 3.68. The molecule has 0 N–H and O–H groups in total. The second-order valence-corrected chi connectivity index (χ2v) is 5.98. The molecule has 2 rings (SSSR count). The standard InChI is InChI=1S/C20H23NO4/c1-14-10-15(2)12-18(11-14)24-13-19(22)25-16(3)20(23)21(4)17-8-6-5-7-9-17/h5-12,16H,13H2,1-4H3/t16-/m1/s1. The van der Waals surface area contributed by atoms with Gasteiger partial charge in [0.25, 0.3) is 5.91 Å². The molecule has 0 unspecified atom stereocenters. The van der Waals surface area contributed by atoms with Crippen LogP contribution in [0, 0.1) is 13.8 Å². The highest BCUT2D eigenvalue weighted by molar-refractivity contribution is 5.96. The maximum absolute atomic E-state index is 12.4. The van der Waals surface area contributed by atoms with Crippen molar-refractivity contribution in [3.8, 4) is 5.75 Å². The summed E-state index contributed by atoms with van der Waals surface area (Å²) in [7, 11) is 1.65. The molecule has 0 radical (unpaired) electrons. The van der Waals surface area contributed by atoms with E-state index in [1.165, 1.54) is 4.90 Å². The van der Waals surface area contributed by atoms with Gasteiger partial charge in [-0.15, -0.1) is 0 Å². The zero-order chi connectivity index (χ0) is 18.4. The van der Waals surface area contributed by atoms with Gasteiger partial charge in [-0.1, -0.05) is 24.3 Å². The molecule has 5 heteroatoms. The fourth-order valence-electron chi connectivity index (χ4n) is 2.49. The average molecular weight is 341 g/mol. The topological polar surface area (TPSA) is 55.8 Å². The molecule has 0 heterocycles. The second-order valence-electron chi connectivity index (χ2n) is 5.98. The van der Waals surface area contributed by atoms with E-state index in [1.54, 1.807) is 14.0 Å². The van der Waals surface area contributed by atoms with Crippen LogP contribution in [0.15, 0.2) is 48.5 Å². The number of aryl methyl sites for hydroxylation is 2. The molecule has 25 heavy (non-hydrogen) atoms. The van der Waals surface area contributed by atoms with E-state index in [0.717, 1.165) is 16.8 Å². The number of anilines is 1. The first kappa shape index (κ1) is 18.5. The first-order valence-corrected chi connectivity index (χ1v) is 8.10. The average Bonchev–Trinajstić information content (AvgIpc) is 2.58. The van der Waals surface area contributed by atoms with Crippen molar-refractivity contribution < 1.29 is 19.1 Å². The van der Waals surface area contributed by atoms with E-state index in [4.69, 9.17) is 9.47 Å². The van der Waals surface area contributed by atoms with Crippen LogP contribution in [0.2, 0.25) is 0 Å². The number of benzene rings is 2. The number of para-hydroxylation sites is 1. The maximum atomic E-state index is 12.4. The molecule has 0 aromatic heterocycles. The van der Waals surface area contributed by atoms with Crippen molar-refractivity contribution in [3.63, 3.8) is 0 Å². The Labute approximate surface area is 148 Å². The van der Waals surface area contributed by atoms with Crippen molar-refractivity contribution in [1.29, 1.82) is 0 Å². The summed E-state index contributed by atoms with van der Waals surface area (Å²) in [6.07, 6.45) is -0.888. The molecular formula is C20H23NO4. The van der Waals surface area contributed by atoms with Gasteiger partial charge in [0.2, 0.25) is 0 Å². The van der Waals surface area contributed by atoms with Crippen LogP contribution in [-0.2, 0) is 14.3 Å². The number of carbonyl (C=O) groups is 2. The van der Waals surface area contributed by atoms with Gasteiger partial charge in [0, 0.05) is 12.7 Å². The van der Waals surface area contributed by atoms with Crippen LogP contribution >= 0.6 is 0 Å². The van der Waals surface area contributed by atoms with Crippen molar-refractivity contribution in [2.24, 2.45) is 0 Å². The summed E-state index contributed by atoms with van der Waals surface area (Å²) in [5.74, 6) is -0.276. The molecule has 0 bridgehead atoms. The predicted molar refractivity (Wildman–Crippen MR) is 96.8 cm³/mol. The molecule has 132 valence electrons. The van der Waals surface area contributed by atoms with E-state index >= 15 is 0 Å². The SMILES string of the molecule is Cc1cc(C)cc(OCC(=O)O[C@H](C)C(=O)N(C)c2ccccc2)c1. The quantitative estimate of drug-likeness (QED) is 0.757. The Hall–Kier alpha value is -2.82.